The fourth-order valence-corrected chi connectivity index (χ4v) is 3.88. The van der Waals surface area contributed by atoms with Gasteiger partial charge in [0.25, 0.3) is 0 Å². The molecule has 3 N–H and O–H groups in total. The molecule has 0 aliphatic heterocycles. The van der Waals surface area contributed by atoms with Crippen molar-refractivity contribution in [3.63, 3.8) is 0 Å². The van der Waals surface area contributed by atoms with Gasteiger partial charge in [-0.05, 0) is 38.2 Å². The summed E-state index contributed by atoms with van der Waals surface area (Å²) in [6.07, 6.45) is 10.1. The summed E-state index contributed by atoms with van der Waals surface area (Å²) in [5, 5.41) is 29.5. The van der Waals surface area contributed by atoms with Crippen LogP contribution in [0.25, 0.3) is 0 Å². The third kappa shape index (κ3) is 7.98. The highest BCUT2D eigenvalue weighted by Crippen LogP contribution is 2.35. The normalized spacial score (nSPS) is 24.6. The van der Waals surface area contributed by atoms with Crippen molar-refractivity contribution in [2.24, 2.45) is 11.8 Å². The van der Waals surface area contributed by atoms with E-state index in [0.29, 0.717) is 12.8 Å². The summed E-state index contributed by atoms with van der Waals surface area (Å²) in [6, 6.07) is 0. The van der Waals surface area contributed by atoms with Crippen LogP contribution in [0.1, 0.15) is 78.1 Å². The van der Waals surface area contributed by atoms with Crippen molar-refractivity contribution < 1.29 is 24.9 Å². The zero-order valence-electron chi connectivity index (χ0n) is 17.5. The van der Waals surface area contributed by atoms with Gasteiger partial charge < -0.3 is 15.3 Å². The van der Waals surface area contributed by atoms with Crippen LogP contribution in [-0.2, 0) is 9.59 Å². The molecule has 0 aromatic heterocycles. The molecule has 1 aliphatic rings. The molecule has 1 unspecified atom stereocenters. The van der Waals surface area contributed by atoms with E-state index in [4.69, 9.17) is 5.11 Å². The number of rotatable bonds is 14. The largest absolute Gasteiger partial charge is 0.392 e. The molecule has 1 saturated carbocycles. The van der Waals surface area contributed by atoms with Gasteiger partial charge in [-0.2, -0.15) is 0 Å². The number of hydrogen-bond acceptors (Lipinski definition) is 5. The van der Waals surface area contributed by atoms with Crippen LogP contribution in [0.15, 0.2) is 24.3 Å². The van der Waals surface area contributed by atoms with Crippen molar-refractivity contribution in [2.75, 3.05) is 6.61 Å². The van der Waals surface area contributed by atoms with Crippen molar-refractivity contribution in [3.8, 4) is 0 Å². The van der Waals surface area contributed by atoms with Gasteiger partial charge >= 0.3 is 0 Å². The van der Waals surface area contributed by atoms with Gasteiger partial charge in [0.2, 0.25) is 0 Å². The number of aliphatic hydroxyl groups excluding tert-OH is 2. The number of carbonyl (C=O) groups excluding carboxylic acids is 2. The van der Waals surface area contributed by atoms with E-state index in [1.165, 1.54) is 0 Å². The average Bonchev–Trinajstić information content (AvgIpc) is 2.91. The average molecular weight is 395 g/mol. The van der Waals surface area contributed by atoms with Crippen LogP contribution in [0.3, 0.4) is 0 Å². The molecule has 0 amide bonds. The molecule has 4 atom stereocenters. The second-order valence-electron chi connectivity index (χ2n) is 8.33. The Bertz CT molecular complexity index is 549. The Kier molecular flexibility index (Phi) is 10.9. The highest BCUT2D eigenvalue weighted by Gasteiger charge is 2.39. The first-order valence-corrected chi connectivity index (χ1v) is 10.6. The minimum Gasteiger partial charge on any atom is -0.392 e. The van der Waals surface area contributed by atoms with Crippen LogP contribution < -0.4 is 0 Å². The molecule has 0 spiro atoms. The van der Waals surface area contributed by atoms with E-state index in [1.807, 2.05) is 19.1 Å². The smallest absolute Gasteiger partial charge is 0.158 e. The van der Waals surface area contributed by atoms with Crippen LogP contribution in [-0.4, -0.2) is 45.2 Å². The SMILES string of the molecule is C=C(CCC)C(C)(O)C/C=C/[C@H]1[C@H](O)CC(=O)[C@@H]1CCCCCCC(=O)CO. The monoisotopic (exact) mass is 394 g/mol. The van der Waals surface area contributed by atoms with Crippen LogP contribution in [0.2, 0.25) is 0 Å². The molecule has 0 aromatic carbocycles. The van der Waals surface area contributed by atoms with Gasteiger partial charge in [0.15, 0.2) is 5.78 Å². The Morgan fingerprint density at radius 2 is 1.93 bits per heavy atom. The summed E-state index contributed by atoms with van der Waals surface area (Å²) in [6.45, 7) is 7.38. The summed E-state index contributed by atoms with van der Waals surface area (Å²) >= 11 is 0. The van der Waals surface area contributed by atoms with E-state index < -0.39 is 11.7 Å². The van der Waals surface area contributed by atoms with Crippen molar-refractivity contribution in [1.82, 2.24) is 0 Å². The van der Waals surface area contributed by atoms with Gasteiger partial charge in [-0.15, -0.1) is 0 Å². The standard InChI is InChI=1S/C23H38O5/c1-4-10-17(2)23(3,28)14-9-13-20-19(21(26)15-22(20)27)12-8-6-5-7-11-18(25)16-24/h9,13,19-20,22,24,27-28H,2,4-8,10-12,14-16H2,1,3H3/b13-9+/t19-,20-,22-,23?/m1/s1. The van der Waals surface area contributed by atoms with Crippen molar-refractivity contribution in [1.29, 1.82) is 0 Å². The molecule has 1 rings (SSSR count). The van der Waals surface area contributed by atoms with Gasteiger partial charge in [0.1, 0.15) is 12.4 Å². The Labute approximate surface area is 169 Å². The Hall–Kier alpha value is -1.30. The third-order valence-electron chi connectivity index (χ3n) is 5.82. The first kappa shape index (κ1) is 24.7. The van der Waals surface area contributed by atoms with Crippen molar-refractivity contribution in [2.45, 2.75) is 89.8 Å². The maximum Gasteiger partial charge on any atom is 0.158 e. The summed E-state index contributed by atoms with van der Waals surface area (Å²) in [5.41, 5.74) is -0.166. The molecular formula is C23H38O5. The number of Topliss-reactive ketones (excluding diaryl/α,β-unsaturated/α-hetero) is 2. The van der Waals surface area contributed by atoms with Gasteiger partial charge in [-0.3, -0.25) is 9.59 Å². The molecule has 5 nitrogen and oxygen atoms in total. The van der Waals surface area contributed by atoms with Crippen LogP contribution in [0.4, 0.5) is 0 Å². The molecule has 5 heteroatoms. The number of unbranched alkanes of at least 4 members (excludes halogenated alkanes) is 3. The Balaban J connectivity index is 2.49. The summed E-state index contributed by atoms with van der Waals surface area (Å²) in [5.74, 6) is -0.385. The molecular weight excluding hydrogens is 356 g/mol. The minimum absolute atomic E-state index is 0.111. The second kappa shape index (κ2) is 12.3. The second-order valence-corrected chi connectivity index (χ2v) is 8.33. The fraction of sp³-hybridized carbons (Fsp3) is 0.739. The maximum absolute atomic E-state index is 12.3. The zero-order valence-corrected chi connectivity index (χ0v) is 17.5. The van der Waals surface area contributed by atoms with Gasteiger partial charge in [-0.1, -0.05) is 51.3 Å². The van der Waals surface area contributed by atoms with Gasteiger partial charge in [0.05, 0.1) is 11.7 Å². The predicted octanol–water partition coefficient (Wildman–Crippen LogP) is 3.51. The van der Waals surface area contributed by atoms with E-state index in [0.717, 1.165) is 50.5 Å². The lowest BCUT2D eigenvalue weighted by atomic mass is 9.86. The molecule has 1 aliphatic carbocycles. The summed E-state index contributed by atoms with van der Waals surface area (Å²) in [4.78, 5) is 23.3. The van der Waals surface area contributed by atoms with E-state index in [2.05, 4.69) is 6.58 Å². The predicted molar refractivity (Wildman–Crippen MR) is 111 cm³/mol. The van der Waals surface area contributed by atoms with E-state index >= 15 is 0 Å². The van der Waals surface area contributed by atoms with Gasteiger partial charge in [0, 0.05) is 24.7 Å². The number of ketones is 2. The Morgan fingerprint density at radius 3 is 2.57 bits per heavy atom. The van der Waals surface area contributed by atoms with Crippen LogP contribution >= 0.6 is 0 Å². The van der Waals surface area contributed by atoms with Crippen molar-refractivity contribution in [3.05, 3.63) is 24.3 Å². The van der Waals surface area contributed by atoms with Gasteiger partial charge in [-0.25, -0.2) is 0 Å². The Morgan fingerprint density at radius 1 is 1.25 bits per heavy atom. The van der Waals surface area contributed by atoms with Crippen LogP contribution in [0.5, 0.6) is 0 Å². The number of carbonyl (C=O) groups is 2. The molecule has 1 fully saturated rings. The lowest BCUT2D eigenvalue weighted by molar-refractivity contribution is -0.122. The fourth-order valence-electron chi connectivity index (χ4n) is 3.88. The van der Waals surface area contributed by atoms with E-state index in [1.54, 1.807) is 6.92 Å². The van der Waals surface area contributed by atoms with E-state index in [9.17, 15) is 19.8 Å². The molecule has 28 heavy (non-hydrogen) atoms. The quantitative estimate of drug-likeness (QED) is 0.310. The number of aliphatic hydroxyl groups is 3. The first-order chi connectivity index (χ1) is 13.2. The van der Waals surface area contributed by atoms with Crippen LogP contribution in [0, 0.1) is 11.8 Å². The molecule has 0 aromatic rings. The molecule has 0 saturated heterocycles. The highest BCUT2D eigenvalue weighted by molar-refractivity contribution is 5.84. The lowest BCUT2D eigenvalue weighted by Gasteiger charge is -2.25. The first-order valence-electron chi connectivity index (χ1n) is 10.6. The topological polar surface area (TPSA) is 94.8 Å². The molecule has 0 heterocycles. The summed E-state index contributed by atoms with van der Waals surface area (Å²) < 4.78 is 0. The minimum atomic E-state index is -0.971. The third-order valence-corrected chi connectivity index (χ3v) is 5.82. The number of hydrogen-bond donors (Lipinski definition) is 3. The molecule has 0 radical (unpaired) electrons. The lowest BCUT2D eigenvalue weighted by Crippen LogP contribution is -2.26. The highest BCUT2D eigenvalue weighted by atomic mass is 16.3. The van der Waals surface area contributed by atoms with Crippen molar-refractivity contribution >= 4 is 11.6 Å². The summed E-state index contributed by atoms with van der Waals surface area (Å²) in [7, 11) is 0. The maximum atomic E-state index is 12.3. The van der Waals surface area contributed by atoms with E-state index in [-0.39, 0.29) is 36.4 Å². The molecule has 160 valence electrons. The molecule has 0 bridgehead atoms. The zero-order chi connectivity index (χ0) is 21.2.